The van der Waals surface area contributed by atoms with Crippen LogP contribution in [0.25, 0.3) is 0 Å². The number of aryl methyl sites for hydroxylation is 1. The van der Waals surface area contributed by atoms with E-state index in [2.05, 4.69) is 64.7 Å². The molecule has 0 amide bonds. The van der Waals surface area contributed by atoms with E-state index in [0.29, 0.717) is 10.1 Å². The van der Waals surface area contributed by atoms with Gasteiger partial charge in [-0.05, 0) is 54.9 Å². The van der Waals surface area contributed by atoms with Crippen LogP contribution in [0.4, 0.5) is 5.69 Å². The summed E-state index contributed by atoms with van der Waals surface area (Å²) >= 11 is 14.9. The zero-order chi connectivity index (χ0) is 16.1. The van der Waals surface area contributed by atoms with Crippen LogP contribution in [0.3, 0.4) is 0 Å². The quantitative estimate of drug-likeness (QED) is 0.646. The van der Waals surface area contributed by atoms with Gasteiger partial charge in [0.15, 0.2) is 5.11 Å². The maximum absolute atomic E-state index is 6.18. The SMILES string of the molecule is CCc1ccc(C(C)NC(=S)Nc2ccc(Br)cc2Cl)cc1. The first-order valence-corrected chi connectivity index (χ1v) is 8.69. The highest BCUT2D eigenvalue weighted by molar-refractivity contribution is 9.10. The topological polar surface area (TPSA) is 24.1 Å². The summed E-state index contributed by atoms with van der Waals surface area (Å²) in [5, 5.41) is 7.58. The average molecular weight is 398 g/mol. The summed E-state index contributed by atoms with van der Waals surface area (Å²) in [6.45, 7) is 4.23. The average Bonchev–Trinajstić information content (AvgIpc) is 2.50. The third kappa shape index (κ3) is 4.70. The number of thiocarbonyl (C=S) groups is 1. The lowest BCUT2D eigenvalue weighted by atomic mass is 10.1. The van der Waals surface area contributed by atoms with E-state index in [1.54, 1.807) is 0 Å². The molecule has 0 spiro atoms. The molecule has 2 N–H and O–H groups in total. The van der Waals surface area contributed by atoms with Crippen LogP contribution in [0.2, 0.25) is 5.02 Å². The van der Waals surface area contributed by atoms with Crippen molar-refractivity contribution >= 4 is 50.5 Å². The first-order valence-electron chi connectivity index (χ1n) is 7.11. The van der Waals surface area contributed by atoms with E-state index in [-0.39, 0.29) is 6.04 Å². The van der Waals surface area contributed by atoms with Crippen LogP contribution in [0, 0.1) is 0 Å². The van der Waals surface area contributed by atoms with Crippen molar-refractivity contribution in [1.82, 2.24) is 5.32 Å². The van der Waals surface area contributed by atoms with Crippen molar-refractivity contribution in [3.8, 4) is 0 Å². The molecule has 1 unspecified atom stereocenters. The van der Waals surface area contributed by atoms with E-state index in [0.717, 1.165) is 16.6 Å². The van der Waals surface area contributed by atoms with Crippen LogP contribution in [0.5, 0.6) is 0 Å². The zero-order valence-electron chi connectivity index (χ0n) is 12.5. The Hall–Kier alpha value is -1.10. The van der Waals surface area contributed by atoms with E-state index < -0.39 is 0 Å². The fourth-order valence-corrected chi connectivity index (χ4v) is 3.08. The molecule has 0 bridgehead atoms. The monoisotopic (exact) mass is 396 g/mol. The van der Waals surface area contributed by atoms with Gasteiger partial charge in [-0.3, -0.25) is 0 Å². The Morgan fingerprint density at radius 3 is 2.50 bits per heavy atom. The second-order valence-corrected chi connectivity index (χ2v) is 6.77. The summed E-state index contributed by atoms with van der Waals surface area (Å²) in [5.41, 5.74) is 3.32. The van der Waals surface area contributed by atoms with Crippen molar-refractivity contribution in [1.29, 1.82) is 0 Å². The van der Waals surface area contributed by atoms with Gasteiger partial charge in [0.05, 0.1) is 16.8 Å². The maximum atomic E-state index is 6.18. The minimum absolute atomic E-state index is 0.125. The Morgan fingerprint density at radius 1 is 1.23 bits per heavy atom. The molecule has 0 aromatic heterocycles. The summed E-state index contributed by atoms with van der Waals surface area (Å²) in [5.74, 6) is 0. The molecule has 1 atom stereocenters. The van der Waals surface area contributed by atoms with Gasteiger partial charge >= 0.3 is 0 Å². The predicted molar refractivity (Wildman–Crippen MR) is 103 cm³/mol. The lowest BCUT2D eigenvalue weighted by molar-refractivity contribution is 0.722. The fraction of sp³-hybridized carbons (Fsp3) is 0.235. The van der Waals surface area contributed by atoms with Crippen LogP contribution >= 0.6 is 39.7 Å². The summed E-state index contributed by atoms with van der Waals surface area (Å²) in [6, 6.07) is 14.3. The van der Waals surface area contributed by atoms with E-state index in [4.69, 9.17) is 23.8 Å². The Kier molecular flexibility index (Phi) is 6.24. The molecule has 22 heavy (non-hydrogen) atoms. The number of hydrogen-bond acceptors (Lipinski definition) is 1. The third-order valence-corrected chi connectivity index (χ3v) is 4.44. The molecular formula is C17H18BrClN2S. The minimum Gasteiger partial charge on any atom is -0.356 e. The van der Waals surface area contributed by atoms with Gasteiger partial charge in [0.1, 0.15) is 0 Å². The second-order valence-electron chi connectivity index (χ2n) is 5.04. The molecule has 2 nitrogen and oxygen atoms in total. The summed E-state index contributed by atoms with van der Waals surface area (Å²) in [7, 11) is 0. The highest BCUT2D eigenvalue weighted by Crippen LogP contribution is 2.25. The second kappa shape index (κ2) is 7.95. The van der Waals surface area contributed by atoms with Crippen molar-refractivity contribution in [2.45, 2.75) is 26.3 Å². The molecule has 116 valence electrons. The van der Waals surface area contributed by atoms with E-state index in [1.165, 1.54) is 11.1 Å². The standard InChI is InChI=1S/C17H18BrClN2S/c1-3-12-4-6-13(7-5-12)11(2)20-17(22)21-16-9-8-14(18)10-15(16)19/h4-11H,3H2,1-2H3,(H2,20,21,22). The molecule has 0 fully saturated rings. The van der Waals surface area contributed by atoms with E-state index in [9.17, 15) is 0 Å². The van der Waals surface area contributed by atoms with Gasteiger partial charge < -0.3 is 10.6 Å². The van der Waals surface area contributed by atoms with E-state index >= 15 is 0 Å². The van der Waals surface area contributed by atoms with Crippen molar-refractivity contribution in [3.63, 3.8) is 0 Å². The predicted octanol–water partition coefficient (Wildman–Crippen LogP) is 5.71. The molecule has 5 heteroatoms. The number of benzene rings is 2. The van der Waals surface area contributed by atoms with Crippen LogP contribution < -0.4 is 10.6 Å². The molecule has 0 heterocycles. The van der Waals surface area contributed by atoms with E-state index in [1.807, 2.05) is 18.2 Å². The Bertz CT molecular complexity index is 658. The molecular weight excluding hydrogens is 380 g/mol. The van der Waals surface area contributed by atoms with Gasteiger partial charge in [-0.25, -0.2) is 0 Å². The molecule has 2 aromatic rings. The van der Waals surface area contributed by atoms with Crippen LogP contribution in [-0.4, -0.2) is 5.11 Å². The molecule has 0 saturated heterocycles. The molecule has 2 rings (SSSR count). The summed E-state index contributed by atoms with van der Waals surface area (Å²) in [4.78, 5) is 0. The molecule has 0 aliphatic heterocycles. The maximum Gasteiger partial charge on any atom is 0.171 e. The summed E-state index contributed by atoms with van der Waals surface area (Å²) in [6.07, 6.45) is 1.05. The molecule has 2 aromatic carbocycles. The molecule has 0 aliphatic rings. The van der Waals surface area contributed by atoms with Gasteiger partial charge in [-0.15, -0.1) is 0 Å². The third-order valence-electron chi connectivity index (χ3n) is 3.41. The smallest absolute Gasteiger partial charge is 0.171 e. The molecule has 0 radical (unpaired) electrons. The van der Waals surface area contributed by atoms with Crippen molar-refractivity contribution in [2.75, 3.05) is 5.32 Å². The normalized spacial score (nSPS) is 11.8. The van der Waals surface area contributed by atoms with Crippen LogP contribution in [-0.2, 0) is 6.42 Å². The number of anilines is 1. The number of nitrogens with one attached hydrogen (secondary N) is 2. The molecule has 0 saturated carbocycles. The lowest BCUT2D eigenvalue weighted by Gasteiger charge is -2.18. The fourth-order valence-electron chi connectivity index (χ4n) is 2.07. The number of rotatable bonds is 4. The van der Waals surface area contributed by atoms with Crippen molar-refractivity contribution in [2.24, 2.45) is 0 Å². The Balaban J connectivity index is 1.98. The van der Waals surface area contributed by atoms with Gasteiger partial charge in [0, 0.05) is 4.47 Å². The summed E-state index contributed by atoms with van der Waals surface area (Å²) < 4.78 is 0.936. The largest absolute Gasteiger partial charge is 0.356 e. The number of halogens is 2. The Morgan fingerprint density at radius 2 is 1.91 bits per heavy atom. The highest BCUT2D eigenvalue weighted by atomic mass is 79.9. The minimum atomic E-state index is 0.125. The zero-order valence-corrected chi connectivity index (χ0v) is 15.6. The first-order chi connectivity index (χ1) is 10.5. The van der Waals surface area contributed by atoms with Gasteiger partial charge in [0.25, 0.3) is 0 Å². The number of hydrogen-bond donors (Lipinski definition) is 2. The first kappa shape index (κ1) is 17.3. The lowest BCUT2D eigenvalue weighted by Crippen LogP contribution is -2.31. The Labute approximate surface area is 150 Å². The highest BCUT2D eigenvalue weighted by Gasteiger charge is 2.08. The van der Waals surface area contributed by atoms with Crippen LogP contribution in [0.1, 0.15) is 31.0 Å². The van der Waals surface area contributed by atoms with Gasteiger partial charge in [-0.2, -0.15) is 0 Å². The van der Waals surface area contributed by atoms with Crippen LogP contribution in [0.15, 0.2) is 46.9 Å². The van der Waals surface area contributed by atoms with Gasteiger partial charge in [0.2, 0.25) is 0 Å². The van der Waals surface area contributed by atoms with Crippen molar-refractivity contribution < 1.29 is 0 Å². The van der Waals surface area contributed by atoms with Gasteiger partial charge in [-0.1, -0.05) is 58.7 Å². The van der Waals surface area contributed by atoms with Crippen molar-refractivity contribution in [3.05, 3.63) is 63.1 Å². The molecule has 0 aliphatic carbocycles.